The molecule has 0 saturated heterocycles. The predicted molar refractivity (Wildman–Crippen MR) is 71.0 cm³/mol. The van der Waals surface area contributed by atoms with E-state index in [4.69, 9.17) is 0 Å². The smallest absolute Gasteiger partial charge is 0.179 e. The Morgan fingerprint density at radius 2 is 1.69 bits per heavy atom. The van der Waals surface area contributed by atoms with Crippen LogP contribution < -0.4 is 5.73 Å². The molecule has 0 radical (unpaired) electrons. The Kier molecular flexibility index (Phi) is 5.51. The van der Waals surface area contributed by atoms with E-state index in [-0.39, 0.29) is 0 Å². The van der Waals surface area contributed by atoms with Gasteiger partial charge in [0.15, 0.2) is 5.65 Å². The highest BCUT2D eigenvalue weighted by Gasteiger charge is 2.06. The van der Waals surface area contributed by atoms with Crippen LogP contribution in [0, 0.1) is 0 Å². The minimum Gasteiger partial charge on any atom is -0.333 e. The molecule has 0 unspecified atom stereocenters. The van der Waals surface area contributed by atoms with E-state index in [2.05, 4.69) is 20.7 Å². The number of nitrogens with zero attached hydrogens (tertiary/aromatic N) is 3. The number of thioether (sulfide) groups is 2. The van der Waals surface area contributed by atoms with Gasteiger partial charge < -0.3 is 5.73 Å². The van der Waals surface area contributed by atoms with Crippen LogP contribution in [0.2, 0.25) is 0 Å². The second kappa shape index (κ2) is 6.67. The fourth-order valence-corrected chi connectivity index (χ4v) is 2.44. The van der Waals surface area contributed by atoms with Gasteiger partial charge in [0.1, 0.15) is 15.6 Å². The molecule has 0 amide bonds. The summed E-state index contributed by atoms with van der Waals surface area (Å²) in [5.74, 6) is 0. The highest BCUT2D eigenvalue weighted by atomic mass is 32.2. The van der Waals surface area contributed by atoms with E-state index in [1.165, 1.54) is 7.05 Å². The average Bonchev–Trinajstić information content (AvgIpc) is 2.39. The zero-order chi connectivity index (χ0) is 12.0. The van der Waals surface area contributed by atoms with E-state index in [0.29, 0.717) is 0 Å². The van der Waals surface area contributed by atoms with E-state index in [9.17, 15) is 0 Å². The first-order valence-electron chi connectivity index (χ1n) is 4.63. The SMILES string of the molecule is CN.CSc1nc2cccnc2nc1SC. The highest BCUT2D eigenvalue weighted by Crippen LogP contribution is 2.25. The summed E-state index contributed by atoms with van der Waals surface area (Å²) in [6, 6.07) is 3.80. The molecule has 2 N–H and O–H groups in total. The molecule has 2 aromatic rings. The zero-order valence-electron chi connectivity index (χ0n) is 9.47. The fraction of sp³-hybridized carbons (Fsp3) is 0.300. The van der Waals surface area contributed by atoms with Crippen LogP contribution in [0.3, 0.4) is 0 Å². The Morgan fingerprint density at radius 3 is 2.31 bits per heavy atom. The molecule has 0 aromatic carbocycles. The summed E-state index contributed by atoms with van der Waals surface area (Å²) in [6.45, 7) is 0. The molecule has 0 bridgehead atoms. The van der Waals surface area contributed by atoms with E-state index >= 15 is 0 Å². The van der Waals surface area contributed by atoms with Gasteiger partial charge in [-0.3, -0.25) is 0 Å². The third-order valence-corrected chi connectivity index (χ3v) is 3.24. The van der Waals surface area contributed by atoms with Crippen molar-refractivity contribution in [2.75, 3.05) is 19.6 Å². The number of rotatable bonds is 2. The molecule has 0 fully saturated rings. The average molecular weight is 254 g/mol. The Bertz CT molecular complexity index is 419. The van der Waals surface area contributed by atoms with Crippen molar-refractivity contribution in [1.82, 2.24) is 15.0 Å². The van der Waals surface area contributed by atoms with Crippen LogP contribution >= 0.6 is 23.5 Å². The van der Waals surface area contributed by atoms with E-state index in [0.717, 1.165) is 21.2 Å². The van der Waals surface area contributed by atoms with Crippen molar-refractivity contribution in [2.45, 2.75) is 10.1 Å². The van der Waals surface area contributed by atoms with Crippen molar-refractivity contribution in [1.29, 1.82) is 0 Å². The molecule has 2 rings (SSSR count). The van der Waals surface area contributed by atoms with Crippen LogP contribution in [-0.2, 0) is 0 Å². The lowest BCUT2D eigenvalue weighted by molar-refractivity contribution is 0.960. The van der Waals surface area contributed by atoms with E-state index < -0.39 is 0 Å². The van der Waals surface area contributed by atoms with Gasteiger partial charge in [-0.15, -0.1) is 23.5 Å². The second-order valence-electron chi connectivity index (χ2n) is 2.59. The van der Waals surface area contributed by atoms with Crippen molar-refractivity contribution in [2.24, 2.45) is 5.73 Å². The molecule has 0 aliphatic heterocycles. The lowest BCUT2D eigenvalue weighted by Crippen LogP contribution is -1.92. The fourth-order valence-electron chi connectivity index (χ4n) is 1.13. The Hall–Kier alpha value is -0.850. The molecule has 0 aliphatic rings. The van der Waals surface area contributed by atoms with Crippen LogP contribution in [0.4, 0.5) is 0 Å². The van der Waals surface area contributed by atoms with Crippen molar-refractivity contribution in [3.8, 4) is 0 Å². The summed E-state index contributed by atoms with van der Waals surface area (Å²) < 4.78 is 0. The summed E-state index contributed by atoms with van der Waals surface area (Å²) in [6.07, 6.45) is 5.74. The number of nitrogens with two attached hydrogens (primary N) is 1. The number of aromatic nitrogens is 3. The minimum atomic E-state index is 0.717. The summed E-state index contributed by atoms with van der Waals surface area (Å²) in [7, 11) is 1.50. The Morgan fingerprint density at radius 1 is 1.06 bits per heavy atom. The third-order valence-electron chi connectivity index (χ3n) is 1.77. The number of hydrogen-bond donors (Lipinski definition) is 1. The first-order chi connectivity index (χ1) is 7.85. The minimum absolute atomic E-state index is 0.717. The van der Waals surface area contributed by atoms with E-state index in [1.807, 2.05) is 24.6 Å². The molecule has 4 nitrogen and oxygen atoms in total. The Labute approximate surface area is 103 Å². The van der Waals surface area contributed by atoms with Gasteiger partial charge in [0.25, 0.3) is 0 Å². The summed E-state index contributed by atoms with van der Waals surface area (Å²) in [5.41, 5.74) is 6.07. The lowest BCUT2D eigenvalue weighted by atomic mass is 10.4. The van der Waals surface area contributed by atoms with Gasteiger partial charge >= 0.3 is 0 Å². The van der Waals surface area contributed by atoms with Crippen molar-refractivity contribution in [3.63, 3.8) is 0 Å². The van der Waals surface area contributed by atoms with Gasteiger partial charge in [-0.05, 0) is 31.7 Å². The van der Waals surface area contributed by atoms with Crippen LogP contribution in [-0.4, -0.2) is 34.5 Å². The third kappa shape index (κ3) is 2.84. The van der Waals surface area contributed by atoms with E-state index in [1.54, 1.807) is 29.7 Å². The predicted octanol–water partition coefficient (Wildman–Crippen LogP) is 2.04. The van der Waals surface area contributed by atoms with Crippen LogP contribution in [0.5, 0.6) is 0 Å². The molecular weight excluding hydrogens is 240 g/mol. The maximum absolute atomic E-state index is 4.50. The zero-order valence-corrected chi connectivity index (χ0v) is 11.1. The standard InChI is InChI=1S/C9H9N3S2.CH5N/c1-13-8-9(14-2)12-7-6(11-8)4-3-5-10-7;1-2/h3-5H,1-2H3;2H2,1H3. The first-order valence-corrected chi connectivity index (χ1v) is 7.08. The molecule has 86 valence electrons. The highest BCUT2D eigenvalue weighted by molar-refractivity contribution is 8.01. The largest absolute Gasteiger partial charge is 0.333 e. The molecule has 2 aromatic heterocycles. The molecule has 0 saturated carbocycles. The van der Waals surface area contributed by atoms with Crippen molar-refractivity contribution >= 4 is 34.7 Å². The number of hydrogen-bond acceptors (Lipinski definition) is 6. The molecule has 0 atom stereocenters. The quantitative estimate of drug-likeness (QED) is 0.827. The van der Waals surface area contributed by atoms with Crippen LogP contribution in [0.25, 0.3) is 11.2 Å². The summed E-state index contributed by atoms with van der Waals surface area (Å²) >= 11 is 3.21. The molecule has 0 spiro atoms. The van der Waals surface area contributed by atoms with Crippen LogP contribution in [0.15, 0.2) is 28.4 Å². The van der Waals surface area contributed by atoms with Gasteiger partial charge in [-0.25, -0.2) is 15.0 Å². The molecule has 2 heterocycles. The number of pyridine rings is 1. The Balaban J connectivity index is 0.000000606. The summed E-state index contributed by atoms with van der Waals surface area (Å²) in [4.78, 5) is 13.1. The molecule has 16 heavy (non-hydrogen) atoms. The maximum Gasteiger partial charge on any atom is 0.179 e. The normalized spacial score (nSPS) is 9.75. The van der Waals surface area contributed by atoms with Crippen molar-refractivity contribution in [3.05, 3.63) is 18.3 Å². The van der Waals surface area contributed by atoms with Gasteiger partial charge in [0.2, 0.25) is 0 Å². The second-order valence-corrected chi connectivity index (χ2v) is 4.18. The molecular formula is C10H14N4S2. The van der Waals surface area contributed by atoms with Gasteiger partial charge in [0, 0.05) is 6.20 Å². The first kappa shape index (κ1) is 13.2. The summed E-state index contributed by atoms with van der Waals surface area (Å²) in [5, 5.41) is 1.92. The monoisotopic (exact) mass is 254 g/mol. The molecule has 6 heteroatoms. The van der Waals surface area contributed by atoms with Crippen molar-refractivity contribution < 1.29 is 0 Å². The maximum atomic E-state index is 4.50. The lowest BCUT2D eigenvalue weighted by Gasteiger charge is -2.03. The van der Waals surface area contributed by atoms with Gasteiger partial charge in [0.05, 0.1) is 0 Å². The van der Waals surface area contributed by atoms with Gasteiger partial charge in [-0.1, -0.05) is 0 Å². The van der Waals surface area contributed by atoms with Gasteiger partial charge in [-0.2, -0.15) is 0 Å². The molecule has 0 aliphatic carbocycles. The van der Waals surface area contributed by atoms with Crippen LogP contribution in [0.1, 0.15) is 0 Å². The number of fused-ring (bicyclic) bond motifs is 1. The topological polar surface area (TPSA) is 64.7 Å².